The number of rotatable bonds is 10. The summed E-state index contributed by atoms with van der Waals surface area (Å²) in [4.78, 5) is 0. The number of methoxy groups -OCH3 is 1. The third-order valence-electron chi connectivity index (χ3n) is 4.76. The van der Waals surface area contributed by atoms with Gasteiger partial charge in [0.15, 0.2) is 11.6 Å². The van der Waals surface area contributed by atoms with Gasteiger partial charge in [0.2, 0.25) is 0 Å². The number of aliphatic hydroxyl groups is 1. The van der Waals surface area contributed by atoms with Crippen LogP contribution >= 0.6 is 22.6 Å². The molecule has 2 rings (SSSR count). The number of benzene rings is 2. The molecule has 0 fully saturated rings. The summed E-state index contributed by atoms with van der Waals surface area (Å²) in [6.45, 7) is 4.52. The van der Waals surface area contributed by atoms with E-state index in [9.17, 15) is 18.3 Å². The van der Waals surface area contributed by atoms with Gasteiger partial charge >= 0.3 is 0 Å². The Kier molecular flexibility index (Phi) is 8.62. The molecular weight excluding hydrogens is 510 g/mol. The molecule has 2 aromatic rings. The van der Waals surface area contributed by atoms with Crippen LogP contribution in [0.1, 0.15) is 26.7 Å². The van der Waals surface area contributed by atoms with Crippen LogP contribution in [0.2, 0.25) is 0 Å². The van der Waals surface area contributed by atoms with Gasteiger partial charge in [0.1, 0.15) is 22.9 Å². The van der Waals surface area contributed by atoms with E-state index in [1.165, 1.54) is 19.2 Å². The summed E-state index contributed by atoms with van der Waals surface area (Å²) in [7, 11) is 1.34. The van der Waals surface area contributed by atoms with Crippen molar-refractivity contribution in [2.24, 2.45) is 11.1 Å². The van der Waals surface area contributed by atoms with Crippen molar-refractivity contribution in [1.29, 1.82) is 0 Å². The number of nitrogens with two attached hydrogens (primary N) is 1. The van der Waals surface area contributed by atoms with E-state index < -0.39 is 23.6 Å². The van der Waals surface area contributed by atoms with Crippen molar-refractivity contribution >= 4 is 39.7 Å². The topological polar surface area (TPSA) is 79.5 Å². The lowest BCUT2D eigenvalue weighted by Crippen LogP contribution is -2.28. The van der Waals surface area contributed by atoms with Crippen molar-refractivity contribution in [3.8, 4) is 5.75 Å². The normalized spacial score (nSPS) is 12.6. The van der Waals surface area contributed by atoms with Crippen LogP contribution in [0.3, 0.4) is 0 Å². The quantitative estimate of drug-likeness (QED) is 0.321. The second-order valence-corrected chi connectivity index (χ2v) is 9.05. The minimum atomic E-state index is -1.14. The lowest BCUT2D eigenvalue weighted by Gasteiger charge is -2.28. The van der Waals surface area contributed by atoms with Gasteiger partial charge in [0.05, 0.1) is 18.9 Å². The highest BCUT2D eigenvalue weighted by Crippen LogP contribution is 2.39. The van der Waals surface area contributed by atoms with E-state index in [1.807, 2.05) is 36.4 Å². The second-order valence-electron chi connectivity index (χ2n) is 7.81. The van der Waals surface area contributed by atoms with Crippen molar-refractivity contribution in [1.82, 2.24) is 0 Å². The lowest BCUT2D eigenvalue weighted by atomic mass is 9.83. The van der Waals surface area contributed by atoms with Gasteiger partial charge in [-0.05, 0) is 59.0 Å². The number of aliphatic hydroxyl groups excluding tert-OH is 1. The highest BCUT2D eigenvalue weighted by Gasteiger charge is 2.24. The molecule has 0 aliphatic heterocycles. The van der Waals surface area contributed by atoms with Crippen molar-refractivity contribution in [3.05, 3.63) is 45.3 Å². The first kappa shape index (κ1) is 24.5. The zero-order valence-corrected chi connectivity index (χ0v) is 19.3. The molecule has 0 aliphatic rings. The molecule has 9 heteroatoms. The maximum Gasteiger partial charge on any atom is 0.184 e. The molecule has 166 valence electrons. The first-order chi connectivity index (χ1) is 14.1. The number of halogens is 4. The molecule has 0 radical (unpaired) electrons. The van der Waals surface area contributed by atoms with Gasteiger partial charge in [-0.15, -0.1) is 0 Å². The first-order valence-corrected chi connectivity index (χ1v) is 10.6. The summed E-state index contributed by atoms with van der Waals surface area (Å²) in [6, 6.07) is 5.33. The molecule has 1 unspecified atom stereocenters. The molecule has 0 saturated heterocycles. The molecular formula is C21H27F3IN3O2. The fourth-order valence-corrected chi connectivity index (χ4v) is 3.58. The monoisotopic (exact) mass is 537 g/mol. The summed E-state index contributed by atoms with van der Waals surface area (Å²) in [6.07, 6.45) is 0.502. The number of nitrogens with one attached hydrogen (secondary N) is 2. The Hall–Kier alpha value is -1.72. The molecule has 2 aromatic carbocycles. The molecule has 5 nitrogen and oxygen atoms in total. The molecule has 0 bridgehead atoms. The van der Waals surface area contributed by atoms with Crippen LogP contribution in [0, 0.1) is 26.4 Å². The van der Waals surface area contributed by atoms with Gasteiger partial charge in [0, 0.05) is 22.7 Å². The number of hydrogen-bond donors (Lipinski definition) is 4. The SMILES string of the molecule is COc1cc(F)c(F)c(Nc2ccc(I)cc2F)c1NCCC(C)(C)CC(O)CN. The van der Waals surface area contributed by atoms with Gasteiger partial charge < -0.3 is 26.2 Å². The second kappa shape index (κ2) is 10.5. The summed E-state index contributed by atoms with van der Waals surface area (Å²) in [5.41, 5.74) is 5.19. The number of ether oxygens (including phenoxy) is 1. The van der Waals surface area contributed by atoms with Crippen molar-refractivity contribution in [2.75, 3.05) is 30.8 Å². The zero-order valence-electron chi connectivity index (χ0n) is 17.2. The highest BCUT2D eigenvalue weighted by atomic mass is 127. The standard InChI is InChI=1S/C21H27F3IN3O2/c1-21(2,10-13(29)11-26)6-7-27-19-17(30-3)9-15(23)18(24)20(19)28-16-5-4-12(25)8-14(16)22/h4-5,8-9,13,27-29H,6-7,10-11,26H2,1-3H3. The largest absolute Gasteiger partial charge is 0.494 e. The Morgan fingerprint density at radius 2 is 1.87 bits per heavy atom. The van der Waals surface area contributed by atoms with Crippen LogP contribution in [0.25, 0.3) is 0 Å². The van der Waals surface area contributed by atoms with E-state index in [-0.39, 0.29) is 34.8 Å². The van der Waals surface area contributed by atoms with Crippen LogP contribution in [0.4, 0.5) is 30.2 Å². The van der Waals surface area contributed by atoms with Gasteiger partial charge in [-0.2, -0.15) is 0 Å². The Bertz CT molecular complexity index is 881. The third-order valence-corrected chi connectivity index (χ3v) is 5.43. The zero-order chi connectivity index (χ0) is 22.5. The summed E-state index contributed by atoms with van der Waals surface area (Å²) >= 11 is 1.96. The minimum absolute atomic E-state index is 0.0106. The van der Waals surface area contributed by atoms with Gasteiger partial charge in [0.25, 0.3) is 0 Å². The molecule has 1 atom stereocenters. The predicted molar refractivity (Wildman–Crippen MR) is 122 cm³/mol. The number of anilines is 3. The summed E-state index contributed by atoms with van der Waals surface area (Å²) in [5, 5.41) is 15.5. The van der Waals surface area contributed by atoms with Crippen molar-refractivity contribution in [2.45, 2.75) is 32.8 Å². The molecule has 0 saturated carbocycles. The van der Waals surface area contributed by atoms with Gasteiger partial charge in [-0.1, -0.05) is 13.8 Å². The van der Waals surface area contributed by atoms with Crippen LogP contribution in [-0.4, -0.2) is 31.4 Å². The van der Waals surface area contributed by atoms with Crippen LogP contribution in [-0.2, 0) is 0 Å². The average molecular weight is 537 g/mol. The van der Waals surface area contributed by atoms with E-state index in [4.69, 9.17) is 10.5 Å². The average Bonchev–Trinajstić information content (AvgIpc) is 2.67. The highest BCUT2D eigenvalue weighted by molar-refractivity contribution is 14.1. The van der Waals surface area contributed by atoms with Crippen LogP contribution < -0.4 is 21.1 Å². The fourth-order valence-electron chi connectivity index (χ4n) is 3.13. The first-order valence-electron chi connectivity index (χ1n) is 9.48. The summed E-state index contributed by atoms with van der Waals surface area (Å²) < 4.78 is 48.9. The Balaban J connectivity index is 2.30. The van der Waals surface area contributed by atoms with E-state index in [0.29, 0.717) is 23.0 Å². The van der Waals surface area contributed by atoms with Crippen LogP contribution in [0.5, 0.6) is 5.75 Å². The Morgan fingerprint density at radius 3 is 2.47 bits per heavy atom. The molecule has 0 aromatic heterocycles. The Morgan fingerprint density at radius 1 is 1.17 bits per heavy atom. The third kappa shape index (κ3) is 6.39. The van der Waals surface area contributed by atoms with E-state index >= 15 is 0 Å². The fraction of sp³-hybridized carbons (Fsp3) is 0.429. The maximum atomic E-state index is 14.7. The smallest absolute Gasteiger partial charge is 0.184 e. The van der Waals surface area contributed by atoms with Crippen molar-refractivity contribution < 1.29 is 23.0 Å². The van der Waals surface area contributed by atoms with E-state index in [1.54, 1.807) is 6.07 Å². The molecule has 0 heterocycles. The van der Waals surface area contributed by atoms with Crippen LogP contribution in [0.15, 0.2) is 24.3 Å². The molecule has 30 heavy (non-hydrogen) atoms. The maximum absolute atomic E-state index is 14.7. The molecule has 0 spiro atoms. The Labute approximate surface area is 188 Å². The van der Waals surface area contributed by atoms with Gasteiger partial charge in [-0.3, -0.25) is 0 Å². The van der Waals surface area contributed by atoms with E-state index in [0.717, 1.165) is 6.07 Å². The minimum Gasteiger partial charge on any atom is -0.494 e. The molecule has 0 aliphatic carbocycles. The number of hydrogen-bond acceptors (Lipinski definition) is 5. The van der Waals surface area contributed by atoms with Crippen molar-refractivity contribution in [3.63, 3.8) is 0 Å². The molecule has 0 amide bonds. The van der Waals surface area contributed by atoms with E-state index in [2.05, 4.69) is 10.6 Å². The van der Waals surface area contributed by atoms with Gasteiger partial charge in [-0.25, -0.2) is 13.2 Å². The summed E-state index contributed by atoms with van der Waals surface area (Å²) in [5.74, 6) is -2.76. The predicted octanol–water partition coefficient (Wildman–Crippen LogP) is 5.00. The molecule has 5 N–H and O–H groups in total. The lowest BCUT2D eigenvalue weighted by molar-refractivity contribution is 0.117.